The predicted molar refractivity (Wildman–Crippen MR) is 110 cm³/mol. The summed E-state index contributed by atoms with van der Waals surface area (Å²) in [6, 6.07) is 7.43. The Hall–Kier alpha value is -2.61. The van der Waals surface area contributed by atoms with Gasteiger partial charge in [-0.15, -0.1) is 16.8 Å². The van der Waals surface area contributed by atoms with Crippen LogP contribution in [0.2, 0.25) is 0 Å². The fourth-order valence-electron chi connectivity index (χ4n) is 3.38. The minimum atomic E-state index is -0.134. The number of nitrogens with one attached hydrogen (secondary N) is 1. The molecule has 1 N–H and O–H groups in total. The number of hydrogen-bond acceptors (Lipinski definition) is 5. The first-order chi connectivity index (χ1) is 13.7. The van der Waals surface area contributed by atoms with Crippen molar-refractivity contribution >= 4 is 35.0 Å². The van der Waals surface area contributed by atoms with E-state index in [1.807, 2.05) is 34.9 Å². The maximum absolute atomic E-state index is 12.5. The zero-order valence-corrected chi connectivity index (χ0v) is 16.5. The minimum Gasteiger partial charge on any atom is -0.324 e. The number of nitrogens with zero attached hydrogens (tertiary/aromatic N) is 4. The van der Waals surface area contributed by atoms with Crippen LogP contribution in [0.1, 0.15) is 37.4 Å². The zero-order chi connectivity index (χ0) is 19.5. The second kappa shape index (κ2) is 8.18. The highest BCUT2D eigenvalue weighted by molar-refractivity contribution is 7.99. The second-order valence-electron chi connectivity index (χ2n) is 7.02. The Kier molecular flexibility index (Phi) is 5.47. The summed E-state index contributed by atoms with van der Waals surface area (Å²) in [5.41, 5.74) is 1.42. The van der Waals surface area contributed by atoms with Gasteiger partial charge in [-0.3, -0.25) is 9.59 Å². The fourth-order valence-corrected chi connectivity index (χ4v) is 4.14. The highest BCUT2D eigenvalue weighted by atomic mass is 32.2. The van der Waals surface area contributed by atoms with Gasteiger partial charge in [0.2, 0.25) is 11.8 Å². The standard InChI is InChI=1S/C20H23N5O2S/c1-2-11-25-19(14-9-10-14)22-23-20(25)28-13-17(26)21-15-6-3-4-7-16(15)24-12-5-8-18(24)27/h2-4,6-7,14H,1,5,8-13H2,(H,21,26). The molecule has 1 aliphatic heterocycles. The third-order valence-electron chi connectivity index (χ3n) is 4.87. The number of benzene rings is 1. The lowest BCUT2D eigenvalue weighted by molar-refractivity contribution is -0.117. The summed E-state index contributed by atoms with van der Waals surface area (Å²) >= 11 is 1.37. The van der Waals surface area contributed by atoms with Gasteiger partial charge in [-0.05, 0) is 31.4 Å². The summed E-state index contributed by atoms with van der Waals surface area (Å²) in [5, 5.41) is 12.2. The normalized spacial score (nSPS) is 16.4. The van der Waals surface area contributed by atoms with E-state index in [-0.39, 0.29) is 17.6 Å². The molecule has 0 unspecified atom stereocenters. The molecular weight excluding hydrogens is 374 g/mol. The maximum atomic E-state index is 12.5. The monoisotopic (exact) mass is 397 g/mol. The Balaban J connectivity index is 1.42. The molecule has 2 aliphatic rings. The van der Waals surface area contributed by atoms with Crippen LogP contribution in [0, 0.1) is 0 Å². The van der Waals surface area contributed by atoms with Gasteiger partial charge in [0.25, 0.3) is 0 Å². The van der Waals surface area contributed by atoms with Crippen LogP contribution >= 0.6 is 11.8 Å². The highest BCUT2D eigenvalue weighted by Gasteiger charge is 2.30. The van der Waals surface area contributed by atoms with Crippen molar-refractivity contribution in [2.45, 2.75) is 43.3 Å². The number of carbonyl (C=O) groups excluding carboxylic acids is 2. The zero-order valence-electron chi connectivity index (χ0n) is 15.6. The number of anilines is 2. The third kappa shape index (κ3) is 3.96. The van der Waals surface area contributed by atoms with Crippen molar-refractivity contribution in [1.29, 1.82) is 0 Å². The number of thioether (sulfide) groups is 1. The molecule has 1 aromatic carbocycles. The van der Waals surface area contributed by atoms with Crippen LogP contribution in [0.25, 0.3) is 0 Å². The molecule has 0 bridgehead atoms. The van der Waals surface area contributed by atoms with Gasteiger partial charge >= 0.3 is 0 Å². The smallest absolute Gasteiger partial charge is 0.234 e. The van der Waals surface area contributed by atoms with Crippen molar-refractivity contribution in [2.75, 3.05) is 22.5 Å². The molecule has 1 aliphatic carbocycles. The number of allylic oxidation sites excluding steroid dienone is 1. The van der Waals surface area contributed by atoms with Gasteiger partial charge in [-0.25, -0.2) is 0 Å². The summed E-state index contributed by atoms with van der Waals surface area (Å²) < 4.78 is 2.04. The third-order valence-corrected chi connectivity index (χ3v) is 5.84. The maximum Gasteiger partial charge on any atom is 0.234 e. The highest BCUT2D eigenvalue weighted by Crippen LogP contribution is 2.40. The Labute approximate surface area is 168 Å². The first-order valence-electron chi connectivity index (χ1n) is 9.53. The van der Waals surface area contributed by atoms with E-state index in [1.165, 1.54) is 11.8 Å². The fraction of sp³-hybridized carbons (Fsp3) is 0.400. The number of amides is 2. The molecule has 0 spiro atoms. The first-order valence-corrected chi connectivity index (χ1v) is 10.5. The van der Waals surface area contributed by atoms with Crippen LogP contribution < -0.4 is 10.2 Å². The first kappa shape index (κ1) is 18.7. The summed E-state index contributed by atoms with van der Waals surface area (Å²) in [6.45, 7) is 5.14. The Morgan fingerprint density at radius 2 is 2.14 bits per heavy atom. The van der Waals surface area contributed by atoms with Crippen molar-refractivity contribution in [3.05, 3.63) is 42.7 Å². The van der Waals surface area contributed by atoms with Crippen molar-refractivity contribution < 1.29 is 9.59 Å². The van der Waals surface area contributed by atoms with E-state index in [1.54, 1.807) is 4.90 Å². The molecule has 2 amide bonds. The number of carbonyl (C=O) groups is 2. The van der Waals surface area contributed by atoms with Gasteiger partial charge in [-0.1, -0.05) is 30.0 Å². The lowest BCUT2D eigenvalue weighted by Crippen LogP contribution is -2.26. The van der Waals surface area contributed by atoms with E-state index in [0.717, 1.165) is 35.9 Å². The molecular formula is C20H23N5O2S. The molecule has 0 radical (unpaired) electrons. The molecule has 4 rings (SSSR count). The van der Waals surface area contributed by atoms with Gasteiger partial charge in [0.1, 0.15) is 5.82 Å². The van der Waals surface area contributed by atoms with E-state index in [4.69, 9.17) is 0 Å². The molecule has 8 heteroatoms. The van der Waals surface area contributed by atoms with E-state index < -0.39 is 0 Å². The van der Waals surface area contributed by atoms with Crippen LogP contribution in [-0.4, -0.2) is 38.9 Å². The van der Waals surface area contributed by atoms with Gasteiger partial charge in [-0.2, -0.15) is 0 Å². The molecule has 146 valence electrons. The van der Waals surface area contributed by atoms with Crippen molar-refractivity contribution in [3.63, 3.8) is 0 Å². The summed E-state index contributed by atoms with van der Waals surface area (Å²) in [6.07, 6.45) is 5.52. The molecule has 2 heterocycles. The lowest BCUT2D eigenvalue weighted by atomic mass is 10.2. The molecule has 1 saturated carbocycles. The van der Waals surface area contributed by atoms with Crippen LogP contribution in [0.4, 0.5) is 11.4 Å². The number of para-hydroxylation sites is 2. The Bertz CT molecular complexity index is 906. The van der Waals surface area contributed by atoms with E-state index in [9.17, 15) is 9.59 Å². The van der Waals surface area contributed by atoms with Crippen LogP contribution in [0.3, 0.4) is 0 Å². The van der Waals surface area contributed by atoms with E-state index >= 15 is 0 Å². The summed E-state index contributed by atoms with van der Waals surface area (Å²) in [4.78, 5) is 26.4. The van der Waals surface area contributed by atoms with Crippen LogP contribution in [-0.2, 0) is 16.1 Å². The Morgan fingerprint density at radius 3 is 2.86 bits per heavy atom. The number of hydrogen-bond donors (Lipinski definition) is 1. The van der Waals surface area contributed by atoms with Gasteiger partial charge in [0.05, 0.1) is 17.1 Å². The molecule has 7 nitrogen and oxygen atoms in total. The number of aromatic nitrogens is 3. The predicted octanol–water partition coefficient (Wildman–Crippen LogP) is 3.20. The average molecular weight is 398 g/mol. The van der Waals surface area contributed by atoms with E-state index in [2.05, 4.69) is 22.1 Å². The Morgan fingerprint density at radius 1 is 1.32 bits per heavy atom. The molecule has 28 heavy (non-hydrogen) atoms. The van der Waals surface area contributed by atoms with Crippen LogP contribution in [0.5, 0.6) is 0 Å². The van der Waals surface area contributed by atoms with Gasteiger partial charge in [0.15, 0.2) is 5.16 Å². The minimum absolute atomic E-state index is 0.0983. The van der Waals surface area contributed by atoms with Crippen LogP contribution in [0.15, 0.2) is 42.1 Å². The van der Waals surface area contributed by atoms with Gasteiger partial charge < -0.3 is 14.8 Å². The van der Waals surface area contributed by atoms with E-state index in [0.29, 0.717) is 31.1 Å². The SMILES string of the molecule is C=CCn1c(SCC(=O)Nc2ccccc2N2CCCC2=O)nnc1C1CC1. The summed E-state index contributed by atoms with van der Waals surface area (Å²) in [5.74, 6) is 1.66. The van der Waals surface area contributed by atoms with Crippen molar-refractivity contribution in [1.82, 2.24) is 14.8 Å². The topological polar surface area (TPSA) is 80.1 Å². The number of rotatable bonds is 8. The van der Waals surface area contributed by atoms with Crippen molar-refractivity contribution in [2.24, 2.45) is 0 Å². The van der Waals surface area contributed by atoms with Gasteiger partial charge in [0, 0.05) is 25.4 Å². The molecule has 1 saturated heterocycles. The van der Waals surface area contributed by atoms with Crippen molar-refractivity contribution in [3.8, 4) is 0 Å². The molecule has 2 fully saturated rings. The quantitative estimate of drug-likeness (QED) is 0.547. The largest absolute Gasteiger partial charge is 0.324 e. The molecule has 1 aromatic heterocycles. The average Bonchev–Trinajstić information content (AvgIpc) is 3.33. The lowest BCUT2D eigenvalue weighted by Gasteiger charge is -2.19. The second-order valence-corrected chi connectivity index (χ2v) is 7.96. The molecule has 0 atom stereocenters. The molecule has 2 aromatic rings. The summed E-state index contributed by atoms with van der Waals surface area (Å²) in [7, 11) is 0.